The van der Waals surface area contributed by atoms with Gasteiger partial charge in [0.05, 0.1) is 11.0 Å². The van der Waals surface area contributed by atoms with E-state index in [1.54, 1.807) is 5.38 Å². The highest BCUT2D eigenvalue weighted by atomic mass is 32.1. The quantitative estimate of drug-likeness (QED) is 0.888. The molecule has 0 radical (unpaired) electrons. The summed E-state index contributed by atoms with van der Waals surface area (Å²) >= 11 is 1.48. The Kier molecular flexibility index (Phi) is 4.87. The van der Waals surface area contributed by atoms with Crippen LogP contribution in [0, 0.1) is 6.92 Å². The predicted molar refractivity (Wildman–Crippen MR) is 81.9 cm³/mol. The maximum Gasteiger partial charge on any atom is 0.271 e. The number of benzene rings is 1. The average molecular weight is 289 g/mol. The van der Waals surface area contributed by atoms with Crippen molar-refractivity contribution in [1.82, 2.24) is 10.3 Å². The van der Waals surface area contributed by atoms with E-state index in [2.05, 4.69) is 10.3 Å². The first-order chi connectivity index (χ1) is 9.61. The van der Waals surface area contributed by atoms with Gasteiger partial charge in [-0.2, -0.15) is 0 Å². The number of hydrogen-bond acceptors (Lipinski definition) is 4. The molecule has 0 saturated heterocycles. The number of aromatic nitrogens is 1. The van der Waals surface area contributed by atoms with Gasteiger partial charge in [0.2, 0.25) is 0 Å². The highest BCUT2D eigenvalue weighted by Gasteiger charge is 2.15. The molecule has 0 aliphatic carbocycles. The van der Waals surface area contributed by atoms with Crippen molar-refractivity contribution in [3.63, 3.8) is 0 Å². The third-order valence-corrected chi connectivity index (χ3v) is 4.05. The first kappa shape index (κ1) is 14.7. The summed E-state index contributed by atoms with van der Waals surface area (Å²) in [6, 6.07) is 8.00. The summed E-state index contributed by atoms with van der Waals surface area (Å²) in [6.45, 7) is 4.57. The second kappa shape index (κ2) is 6.63. The fourth-order valence-electron chi connectivity index (χ4n) is 2.07. The number of rotatable bonds is 5. The lowest BCUT2D eigenvalue weighted by Crippen LogP contribution is -2.27. The highest BCUT2D eigenvalue weighted by molar-refractivity contribution is 7.09. The van der Waals surface area contributed by atoms with Gasteiger partial charge in [-0.1, -0.05) is 24.3 Å². The zero-order chi connectivity index (χ0) is 14.5. The molecule has 0 aliphatic heterocycles. The van der Waals surface area contributed by atoms with Gasteiger partial charge < -0.3 is 11.1 Å². The smallest absolute Gasteiger partial charge is 0.271 e. The van der Waals surface area contributed by atoms with Gasteiger partial charge in [-0.25, -0.2) is 4.98 Å². The van der Waals surface area contributed by atoms with E-state index < -0.39 is 0 Å². The summed E-state index contributed by atoms with van der Waals surface area (Å²) in [5.41, 5.74) is 8.25. The number of aryl methyl sites for hydroxylation is 1. The molecule has 1 aromatic heterocycles. The van der Waals surface area contributed by atoms with E-state index in [1.165, 1.54) is 16.9 Å². The van der Waals surface area contributed by atoms with Gasteiger partial charge in [0.25, 0.3) is 5.91 Å². The van der Waals surface area contributed by atoms with Crippen LogP contribution in [0.5, 0.6) is 0 Å². The van der Waals surface area contributed by atoms with Gasteiger partial charge in [0, 0.05) is 11.8 Å². The van der Waals surface area contributed by atoms with Crippen LogP contribution in [0.15, 0.2) is 29.6 Å². The maximum absolute atomic E-state index is 12.2. The molecular weight excluding hydrogens is 270 g/mol. The minimum absolute atomic E-state index is 0.0386. The lowest BCUT2D eigenvalue weighted by molar-refractivity contribution is 0.0935. The topological polar surface area (TPSA) is 68.0 Å². The van der Waals surface area contributed by atoms with Crippen molar-refractivity contribution in [3.8, 4) is 0 Å². The number of thiazole rings is 1. The summed E-state index contributed by atoms with van der Waals surface area (Å²) < 4.78 is 0. The monoisotopic (exact) mass is 289 g/mol. The number of hydrogen-bond donors (Lipinski definition) is 2. The molecule has 3 N–H and O–H groups in total. The van der Waals surface area contributed by atoms with Crippen molar-refractivity contribution < 1.29 is 4.79 Å². The van der Waals surface area contributed by atoms with Gasteiger partial charge in [0.1, 0.15) is 5.69 Å². The summed E-state index contributed by atoms with van der Waals surface area (Å²) in [4.78, 5) is 16.5. The summed E-state index contributed by atoms with van der Waals surface area (Å²) in [7, 11) is 0. The summed E-state index contributed by atoms with van der Waals surface area (Å²) in [6.07, 6.45) is 0.714. The Bertz CT molecular complexity index is 594. The van der Waals surface area contributed by atoms with Crippen molar-refractivity contribution in [1.29, 1.82) is 0 Å². The Morgan fingerprint density at radius 1 is 1.45 bits per heavy atom. The molecule has 106 valence electrons. The van der Waals surface area contributed by atoms with Crippen LogP contribution < -0.4 is 11.1 Å². The molecule has 0 spiro atoms. The third kappa shape index (κ3) is 3.43. The Morgan fingerprint density at radius 3 is 2.90 bits per heavy atom. The second-order valence-corrected chi connectivity index (χ2v) is 5.66. The Morgan fingerprint density at radius 2 is 2.20 bits per heavy atom. The molecule has 1 aromatic carbocycles. The Balaban J connectivity index is 2.05. The normalized spacial score (nSPS) is 12.2. The number of nitrogens with two attached hydrogens (primary N) is 1. The van der Waals surface area contributed by atoms with Crippen LogP contribution >= 0.6 is 11.3 Å². The van der Waals surface area contributed by atoms with Crippen molar-refractivity contribution in [2.24, 2.45) is 5.73 Å². The molecule has 0 fully saturated rings. The molecule has 1 amide bonds. The Hall–Kier alpha value is -1.72. The van der Waals surface area contributed by atoms with E-state index in [-0.39, 0.29) is 11.9 Å². The number of carbonyl (C=O) groups excluding carboxylic acids is 1. The van der Waals surface area contributed by atoms with Crippen molar-refractivity contribution in [2.45, 2.75) is 26.3 Å². The molecule has 0 saturated carbocycles. The van der Waals surface area contributed by atoms with E-state index >= 15 is 0 Å². The zero-order valence-corrected chi connectivity index (χ0v) is 12.5. The van der Waals surface area contributed by atoms with E-state index in [0.29, 0.717) is 18.7 Å². The van der Waals surface area contributed by atoms with Crippen molar-refractivity contribution in [3.05, 3.63) is 51.5 Å². The lowest BCUT2D eigenvalue weighted by atomic mass is 10.0. The molecule has 1 atom stereocenters. The van der Waals surface area contributed by atoms with Gasteiger partial charge in [-0.15, -0.1) is 11.3 Å². The molecule has 5 heteroatoms. The van der Waals surface area contributed by atoms with Gasteiger partial charge in [0.15, 0.2) is 0 Å². The first-order valence-corrected chi connectivity index (χ1v) is 7.50. The van der Waals surface area contributed by atoms with Crippen LogP contribution in [0.4, 0.5) is 0 Å². The summed E-state index contributed by atoms with van der Waals surface area (Å²) in [5.74, 6) is -0.139. The second-order valence-electron chi connectivity index (χ2n) is 4.72. The van der Waals surface area contributed by atoms with Crippen molar-refractivity contribution in [2.75, 3.05) is 6.54 Å². The van der Waals surface area contributed by atoms with E-state index in [0.717, 1.165) is 10.6 Å². The number of carbonyl (C=O) groups is 1. The zero-order valence-electron chi connectivity index (χ0n) is 11.7. The first-order valence-electron chi connectivity index (χ1n) is 6.62. The van der Waals surface area contributed by atoms with Crippen LogP contribution in [-0.4, -0.2) is 17.4 Å². The molecule has 20 heavy (non-hydrogen) atoms. The average Bonchev–Trinajstić information content (AvgIpc) is 2.88. The molecule has 4 nitrogen and oxygen atoms in total. The fraction of sp³-hybridized carbons (Fsp3) is 0.333. The van der Waals surface area contributed by atoms with Crippen LogP contribution in [-0.2, 0) is 6.42 Å². The Labute approximate surface area is 123 Å². The van der Waals surface area contributed by atoms with Crippen LogP contribution in [0.3, 0.4) is 0 Å². The maximum atomic E-state index is 12.2. The van der Waals surface area contributed by atoms with Gasteiger partial charge in [-0.3, -0.25) is 4.79 Å². The van der Waals surface area contributed by atoms with Crippen molar-refractivity contribution >= 4 is 17.2 Å². The van der Waals surface area contributed by atoms with Gasteiger partial charge in [-0.05, 0) is 31.5 Å². The van der Waals surface area contributed by atoms with E-state index in [1.807, 2.05) is 38.1 Å². The molecule has 0 aliphatic rings. The molecule has 0 bridgehead atoms. The largest absolute Gasteiger partial charge is 0.344 e. The lowest BCUT2D eigenvalue weighted by Gasteiger charge is -2.15. The molecular formula is C15H19N3OS. The molecule has 2 aromatic rings. The standard InChI is InChI=1S/C15H19N3OS/c1-10-5-3-4-6-12(10)11(2)17-15(19)13-9-20-14(18-13)7-8-16/h3-6,9,11H,7-8,16H2,1-2H3,(H,17,19). The minimum atomic E-state index is -0.139. The number of nitrogens with zero attached hydrogens (tertiary/aromatic N) is 1. The van der Waals surface area contributed by atoms with Crippen LogP contribution in [0.25, 0.3) is 0 Å². The predicted octanol–water partition coefficient (Wildman–Crippen LogP) is 2.44. The van der Waals surface area contributed by atoms with E-state index in [9.17, 15) is 4.79 Å². The highest BCUT2D eigenvalue weighted by Crippen LogP contribution is 2.18. The van der Waals surface area contributed by atoms with Gasteiger partial charge >= 0.3 is 0 Å². The molecule has 1 heterocycles. The minimum Gasteiger partial charge on any atom is -0.344 e. The summed E-state index contributed by atoms with van der Waals surface area (Å²) in [5, 5.41) is 5.67. The molecule has 1 unspecified atom stereocenters. The number of amides is 1. The van der Waals surface area contributed by atoms with Crippen LogP contribution in [0.2, 0.25) is 0 Å². The van der Waals surface area contributed by atoms with E-state index in [4.69, 9.17) is 5.73 Å². The molecule has 2 rings (SSSR count). The SMILES string of the molecule is Cc1ccccc1C(C)NC(=O)c1csc(CCN)n1. The third-order valence-electron chi connectivity index (χ3n) is 3.15. The fourth-order valence-corrected chi connectivity index (χ4v) is 2.87. The van der Waals surface area contributed by atoms with Crippen LogP contribution in [0.1, 0.15) is 39.6 Å². The number of nitrogens with one attached hydrogen (secondary N) is 1.